The fraction of sp³-hybridized carbons (Fsp3) is 0.320. The second-order valence-corrected chi connectivity index (χ2v) is 9.30. The number of nitrogens with zero attached hydrogens (tertiary/aromatic N) is 1. The van der Waals surface area contributed by atoms with Crippen molar-refractivity contribution in [2.24, 2.45) is 5.92 Å². The maximum absolute atomic E-state index is 12.4. The summed E-state index contributed by atoms with van der Waals surface area (Å²) >= 11 is 1.87. The SMILES string of the molecule is Cc1ccc(CN(CCC(C)C)Cc2ccc(C(=O)Nc3ccccc3)cc2)s1. The first-order chi connectivity index (χ1) is 14.0. The Bertz CT molecular complexity index is 900. The Morgan fingerprint density at radius 1 is 0.966 bits per heavy atom. The standard InChI is InChI=1S/C25H30N2OS/c1-19(2)15-16-27(18-24-14-9-20(3)29-24)17-21-10-12-22(13-11-21)25(28)26-23-7-5-4-6-8-23/h4-14,19H,15-18H2,1-3H3,(H,26,28). The van der Waals surface area contributed by atoms with Gasteiger partial charge in [0.1, 0.15) is 0 Å². The number of para-hydroxylation sites is 1. The molecule has 3 nitrogen and oxygen atoms in total. The molecule has 152 valence electrons. The van der Waals surface area contributed by atoms with Crippen molar-refractivity contribution in [2.75, 3.05) is 11.9 Å². The lowest BCUT2D eigenvalue weighted by atomic mass is 10.1. The third-order valence-corrected chi connectivity index (χ3v) is 5.84. The van der Waals surface area contributed by atoms with Crippen LogP contribution in [-0.4, -0.2) is 17.4 Å². The molecule has 1 heterocycles. The monoisotopic (exact) mass is 406 g/mol. The molecule has 0 aliphatic rings. The number of hydrogen-bond donors (Lipinski definition) is 1. The van der Waals surface area contributed by atoms with Crippen molar-refractivity contribution in [1.82, 2.24) is 4.90 Å². The summed E-state index contributed by atoms with van der Waals surface area (Å²) in [5.41, 5.74) is 2.73. The number of amides is 1. The van der Waals surface area contributed by atoms with E-state index < -0.39 is 0 Å². The van der Waals surface area contributed by atoms with Crippen LogP contribution in [0.5, 0.6) is 0 Å². The largest absolute Gasteiger partial charge is 0.322 e. The molecule has 4 heteroatoms. The van der Waals surface area contributed by atoms with E-state index in [0.717, 1.165) is 25.3 Å². The molecule has 0 saturated heterocycles. The molecular weight excluding hydrogens is 376 g/mol. The van der Waals surface area contributed by atoms with Gasteiger partial charge in [0, 0.05) is 34.1 Å². The van der Waals surface area contributed by atoms with Crippen LogP contribution in [0.4, 0.5) is 5.69 Å². The molecule has 3 rings (SSSR count). The number of nitrogens with one attached hydrogen (secondary N) is 1. The smallest absolute Gasteiger partial charge is 0.255 e. The van der Waals surface area contributed by atoms with E-state index in [2.05, 4.69) is 55.3 Å². The van der Waals surface area contributed by atoms with E-state index in [-0.39, 0.29) is 5.91 Å². The van der Waals surface area contributed by atoms with Gasteiger partial charge in [-0.3, -0.25) is 9.69 Å². The molecule has 0 spiro atoms. The van der Waals surface area contributed by atoms with Crippen molar-refractivity contribution in [3.63, 3.8) is 0 Å². The number of carbonyl (C=O) groups excluding carboxylic acids is 1. The first kappa shape index (κ1) is 21.3. The van der Waals surface area contributed by atoms with Crippen molar-refractivity contribution in [2.45, 2.75) is 40.3 Å². The lowest BCUT2D eigenvalue weighted by Crippen LogP contribution is -2.24. The molecule has 2 aromatic carbocycles. The highest BCUT2D eigenvalue weighted by Crippen LogP contribution is 2.20. The normalized spacial score (nSPS) is 11.2. The third kappa shape index (κ3) is 6.84. The molecule has 0 fully saturated rings. The van der Waals surface area contributed by atoms with Gasteiger partial charge in [0.25, 0.3) is 5.91 Å². The Morgan fingerprint density at radius 2 is 1.69 bits per heavy atom. The Hall–Kier alpha value is -2.43. The van der Waals surface area contributed by atoms with E-state index in [1.165, 1.54) is 21.7 Å². The molecule has 0 atom stereocenters. The van der Waals surface area contributed by atoms with Gasteiger partial charge in [0.15, 0.2) is 0 Å². The first-order valence-electron chi connectivity index (χ1n) is 10.2. The van der Waals surface area contributed by atoms with E-state index >= 15 is 0 Å². The number of rotatable bonds is 9. The zero-order chi connectivity index (χ0) is 20.6. The second-order valence-electron chi connectivity index (χ2n) is 7.92. The molecule has 1 aromatic heterocycles. The van der Waals surface area contributed by atoms with Gasteiger partial charge in [-0.15, -0.1) is 11.3 Å². The highest BCUT2D eigenvalue weighted by Gasteiger charge is 2.11. The third-order valence-electron chi connectivity index (χ3n) is 4.85. The van der Waals surface area contributed by atoms with Gasteiger partial charge in [-0.2, -0.15) is 0 Å². The van der Waals surface area contributed by atoms with Gasteiger partial charge in [0.2, 0.25) is 0 Å². The lowest BCUT2D eigenvalue weighted by Gasteiger charge is -2.23. The molecule has 0 saturated carbocycles. The minimum atomic E-state index is -0.0755. The minimum Gasteiger partial charge on any atom is -0.322 e. The van der Waals surface area contributed by atoms with Gasteiger partial charge in [-0.1, -0.05) is 44.2 Å². The van der Waals surface area contributed by atoms with Crippen molar-refractivity contribution < 1.29 is 4.79 Å². The predicted octanol–water partition coefficient (Wildman–Crippen LogP) is 6.36. The minimum absolute atomic E-state index is 0.0755. The van der Waals surface area contributed by atoms with Crippen LogP contribution in [-0.2, 0) is 13.1 Å². The maximum Gasteiger partial charge on any atom is 0.255 e. The van der Waals surface area contributed by atoms with Crippen LogP contribution in [0.3, 0.4) is 0 Å². The first-order valence-corrected chi connectivity index (χ1v) is 11.0. The second kappa shape index (κ2) is 10.4. The van der Waals surface area contributed by atoms with E-state index in [1.807, 2.05) is 53.8 Å². The molecule has 0 aliphatic heterocycles. The Morgan fingerprint density at radius 3 is 2.31 bits per heavy atom. The van der Waals surface area contributed by atoms with Crippen molar-refractivity contribution in [3.8, 4) is 0 Å². The van der Waals surface area contributed by atoms with E-state index in [1.54, 1.807) is 0 Å². The fourth-order valence-corrected chi connectivity index (χ4v) is 4.12. The summed E-state index contributed by atoms with van der Waals surface area (Å²) in [7, 11) is 0. The maximum atomic E-state index is 12.4. The molecule has 0 bridgehead atoms. The van der Waals surface area contributed by atoms with E-state index in [0.29, 0.717) is 11.5 Å². The van der Waals surface area contributed by atoms with Crippen LogP contribution < -0.4 is 5.32 Å². The summed E-state index contributed by atoms with van der Waals surface area (Å²) in [6.07, 6.45) is 1.18. The number of hydrogen-bond acceptors (Lipinski definition) is 3. The topological polar surface area (TPSA) is 32.3 Å². The summed E-state index contributed by atoms with van der Waals surface area (Å²) in [5.74, 6) is 0.611. The number of benzene rings is 2. The fourth-order valence-electron chi connectivity index (χ4n) is 3.19. The van der Waals surface area contributed by atoms with E-state index in [9.17, 15) is 4.79 Å². The summed E-state index contributed by atoms with van der Waals surface area (Å²) in [6, 6.07) is 22.0. The van der Waals surface area contributed by atoms with Crippen LogP contribution in [0, 0.1) is 12.8 Å². The summed E-state index contributed by atoms with van der Waals surface area (Å²) in [4.78, 5) is 17.7. The van der Waals surface area contributed by atoms with Crippen LogP contribution >= 0.6 is 11.3 Å². The zero-order valence-corrected chi connectivity index (χ0v) is 18.3. The van der Waals surface area contributed by atoms with Crippen LogP contribution in [0.2, 0.25) is 0 Å². The number of carbonyl (C=O) groups is 1. The Balaban J connectivity index is 1.63. The van der Waals surface area contributed by atoms with Crippen LogP contribution in [0.15, 0.2) is 66.7 Å². The summed E-state index contributed by atoms with van der Waals surface area (Å²) in [6.45, 7) is 9.64. The molecule has 3 aromatic rings. The molecule has 1 amide bonds. The van der Waals surface area contributed by atoms with Crippen molar-refractivity contribution >= 4 is 22.9 Å². The van der Waals surface area contributed by atoms with Crippen LogP contribution in [0.25, 0.3) is 0 Å². The van der Waals surface area contributed by atoms with Gasteiger partial charge < -0.3 is 5.32 Å². The number of aryl methyl sites for hydroxylation is 1. The molecule has 1 N–H and O–H groups in total. The highest BCUT2D eigenvalue weighted by atomic mass is 32.1. The lowest BCUT2D eigenvalue weighted by molar-refractivity contribution is 0.102. The molecule has 0 radical (unpaired) electrons. The van der Waals surface area contributed by atoms with E-state index in [4.69, 9.17) is 0 Å². The quantitative estimate of drug-likeness (QED) is 0.448. The van der Waals surface area contributed by atoms with Gasteiger partial charge in [0.05, 0.1) is 0 Å². The average molecular weight is 407 g/mol. The summed E-state index contributed by atoms with van der Waals surface area (Å²) in [5, 5.41) is 2.94. The number of anilines is 1. The molecule has 0 unspecified atom stereocenters. The molecular formula is C25H30N2OS. The zero-order valence-electron chi connectivity index (χ0n) is 17.5. The molecule has 0 aliphatic carbocycles. The molecule has 29 heavy (non-hydrogen) atoms. The van der Waals surface area contributed by atoms with Gasteiger partial charge >= 0.3 is 0 Å². The van der Waals surface area contributed by atoms with Gasteiger partial charge in [-0.05, 0) is 67.8 Å². The van der Waals surface area contributed by atoms with Crippen LogP contribution in [0.1, 0.15) is 45.9 Å². The Labute approximate surface area is 178 Å². The highest BCUT2D eigenvalue weighted by molar-refractivity contribution is 7.11. The predicted molar refractivity (Wildman–Crippen MR) is 123 cm³/mol. The van der Waals surface area contributed by atoms with Crippen molar-refractivity contribution in [3.05, 3.63) is 87.6 Å². The van der Waals surface area contributed by atoms with Gasteiger partial charge in [-0.25, -0.2) is 0 Å². The number of thiophene rings is 1. The Kier molecular flexibility index (Phi) is 7.62. The average Bonchev–Trinajstić information content (AvgIpc) is 3.12. The van der Waals surface area contributed by atoms with Crippen molar-refractivity contribution in [1.29, 1.82) is 0 Å². The summed E-state index contributed by atoms with van der Waals surface area (Å²) < 4.78 is 0.